The van der Waals surface area contributed by atoms with Crippen molar-refractivity contribution < 1.29 is 9.53 Å². The lowest BCUT2D eigenvalue weighted by molar-refractivity contribution is 0.0597. The molecule has 1 atom stereocenters. The number of ketones is 1. The summed E-state index contributed by atoms with van der Waals surface area (Å²) in [4.78, 5) is 17.2. The summed E-state index contributed by atoms with van der Waals surface area (Å²) < 4.78 is 6.38. The highest BCUT2D eigenvalue weighted by molar-refractivity contribution is 6.00. The number of hydrogen-bond donors (Lipinski definition) is 0. The Kier molecular flexibility index (Phi) is 3.19. The summed E-state index contributed by atoms with van der Waals surface area (Å²) in [6.45, 7) is 0. The van der Waals surface area contributed by atoms with Gasteiger partial charge in [-0.3, -0.25) is 9.78 Å². The Morgan fingerprint density at radius 2 is 1.61 bits per heavy atom. The van der Waals surface area contributed by atoms with Crippen LogP contribution in [0.1, 0.15) is 28.0 Å². The van der Waals surface area contributed by atoms with Crippen LogP contribution in [0.25, 0.3) is 0 Å². The number of para-hydroxylation sites is 1. The molecule has 0 amide bonds. The molecule has 3 aromatic rings. The standard InChI is InChI=1S/C20H15NO2/c22-17-14-20(15-8-2-1-3-9-15,19-12-6-7-13-21-19)23-18-11-5-4-10-16(17)18/h1-13H,14H2/t20-/m0/s1. The molecule has 0 spiro atoms. The quantitative estimate of drug-likeness (QED) is 0.718. The van der Waals surface area contributed by atoms with Crippen LogP contribution in [0.3, 0.4) is 0 Å². The van der Waals surface area contributed by atoms with Gasteiger partial charge in [-0.05, 0) is 24.3 Å². The summed E-state index contributed by atoms with van der Waals surface area (Å²) in [5.41, 5.74) is 1.43. The fraction of sp³-hybridized carbons (Fsp3) is 0.100. The molecule has 0 saturated carbocycles. The second kappa shape index (κ2) is 5.36. The van der Waals surface area contributed by atoms with Gasteiger partial charge in [-0.15, -0.1) is 0 Å². The van der Waals surface area contributed by atoms with Crippen molar-refractivity contribution in [2.75, 3.05) is 0 Å². The summed E-state index contributed by atoms with van der Waals surface area (Å²) in [5, 5.41) is 0. The number of carbonyl (C=O) groups is 1. The first kappa shape index (κ1) is 13.7. The van der Waals surface area contributed by atoms with Crippen molar-refractivity contribution in [3.8, 4) is 5.75 Å². The van der Waals surface area contributed by atoms with Crippen LogP contribution in [0, 0.1) is 0 Å². The predicted octanol–water partition coefficient (Wildman–Crippen LogP) is 3.99. The Bertz CT molecular complexity index is 804. The van der Waals surface area contributed by atoms with Gasteiger partial charge in [0.1, 0.15) is 5.75 Å². The smallest absolute Gasteiger partial charge is 0.183 e. The van der Waals surface area contributed by atoms with E-state index in [1.54, 1.807) is 6.20 Å². The van der Waals surface area contributed by atoms with Gasteiger partial charge in [0.2, 0.25) is 0 Å². The van der Waals surface area contributed by atoms with Crippen molar-refractivity contribution in [3.05, 3.63) is 95.8 Å². The highest BCUT2D eigenvalue weighted by atomic mass is 16.5. The minimum atomic E-state index is -0.881. The summed E-state index contributed by atoms with van der Waals surface area (Å²) in [6, 6.07) is 22.9. The molecule has 2 aromatic carbocycles. The van der Waals surface area contributed by atoms with E-state index in [0.29, 0.717) is 11.3 Å². The first-order valence-corrected chi connectivity index (χ1v) is 7.58. The third-order valence-electron chi connectivity index (χ3n) is 4.20. The molecule has 0 fully saturated rings. The van der Waals surface area contributed by atoms with Crippen LogP contribution < -0.4 is 4.74 Å². The van der Waals surface area contributed by atoms with Gasteiger partial charge in [-0.1, -0.05) is 48.5 Å². The number of Topliss-reactive ketones (excluding diaryl/α,β-unsaturated/α-hetero) is 1. The Hall–Kier alpha value is -2.94. The molecule has 1 aliphatic rings. The van der Waals surface area contributed by atoms with E-state index >= 15 is 0 Å². The molecule has 3 nitrogen and oxygen atoms in total. The number of ether oxygens (including phenoxy) is 1. The Morgan fingerprint density at radius 1 is 0.870 bits per heavy atom. The second-order valence-corrected chi connectivity index (χ2v) is 5.61. The molecule has 0 aliphatic carbocycles. The van der Waals surface area contributed by atoms with Gasteiger partial charge < -0.3 is 4.74 Å². The third-order valence-corrected chi connectivity index (χ3v) is 4.20. The second-order valence-electron chi connectivity index (χ2n) is 5.61. The molecule has 0 radical (unpaired) electrons. The molecule has 1 aliphatic heterocycles. The lowest BCUT2D eigenvalue weighted by atomic mass is 9.81. The van der Waals surface area contributed by atoms with Gasteiger partial charge in [0, 0.05) is 11.8 Å². The van der Waals surface area contributed by atoms with E-state index in [0.717, 1.165) is 11.3 Å². The van der Waals surface area contributed by atoms with E-state index in [-0.39, 0.29) is 12.2 Å². The zero-order valence-corrected chi connectivity index (χ0v) is 12.5. The molecule has 1 aromatic heterocycles. The maximum atomic E-state index is 12.7. The van der Waals surface area contributed by atoms with Crippen LogP contribution in [0.4, 0.5) is 0 Å². The third kappa shape index (κ3) is 2.21. The summed E-state index contributed by atoms with van der Waals surface area (Å²) in [5.74, 6) is 0.680. The first-order valence-electron chi connectivity index (χ1n) is 7.58. The Labute approximate surface area is 134 Å². The maximum Gasteiger partial charge on any atom is 0.183 e. The molecular weight excluding hydrogens is 286 g/mol. The van der Waals surface area contributed by atoms with E-state index in [2.05, 4.69) is 4.98 Å². The molecule has 2 heterocycles. The Morgan fingerprint density at radius 3 is 2.39 bits per heavy atom. The molecule has 23 heavy (non-hydrogen) atoms. The van der Waals surface area contributed by atoms with E-state index < -0.39 is 5.60 Å². The van der Waals surface area contributed by atoms with E-state index in [1.807, 2.05) is 72.8 Å². The zero-order chi connectivity index (χ0) is 15.7. The van der Waals surface area contributed by atoms with E-state index in [9.17, 15) is 4.79 Å². The van der Waals surface area contributed by atoms with Gasteiger partial charge in [0.15, 0.2) is 11.4 Å². The van der Waals surface area contributed by atoms with E-state index in [1.165, 1.54) is 0 Å². The number of aromatic nitrogens is 1. The lowest BCUT2D eigenvalue weighted by Crippen LogP contribution is -2.41. The van der Waals surface area contributed by atoms with Crippen molar-refractivity contribution in [3.63, 3.8) is 0 Å². The van der Waals surface area contributed by atoms with Gasteiger partial charge in [-0.2, -0.15) is 0 Å². The maximum absolute atomic E-state index is 12.7. The molecule has 0 N–H and O–H groups in total. The zero-order valence-electron chi connectivity index (χ0n) is 12.5. The van der Waals surface area contributed by atoms with Crippen LogP contribution in [0.15, 0.2) is 79.0 Å². The predicted molar refractivity (Wildman–Crippen MR) is 87.5 cm³/mol. The molecule has 0 saturated heterocycles. The summed E-state index contributed by atoms with van der Waals surface area (Å²) in [6.07, 6.45) is 1.97. The Balaban J connectivity index is 1.94. The summed E-state index contributed by atoms with van der Waals surface area (Å²) >= 11 is 0. The molecule has 3 heteroatoms. The minimum absolute atomic E-state index is 0.0707. The molecule has 4 rings (SSSR count). The van der Waals surface area contributed by atoms with Gasteiger partial charge in [-0.25, -0.2) is 0 Å². The van der Waals surface area contributed by atoms with Gasteiger partial charge in [0.05, 0.1) is 17.7 Å². The molecule has 0 unspecified atom stereocenters. The first-order chi connectivity index (χ1) is 11.3. The lowest BCUT2D eigenvalue weighted by Gasteiger charge is -2.37. The average Bonchev–Trinajstić information content (AvgIpc) is 2.63. The number of rotatable bonds is 2. The minimum Gasteiger partial charge on any atom is -0.475 e. The van der Waals surface area contributed by atoms with Crippen LogP contribution in [0.5, 0.6) is 5.75 Å². The average molecular weight is 301 g/mol. The fourth-order valence-electron chi connectivity index (χ4n) is 3.09. The normalized spacial score (nSPS) is 19.7. The number of fused-ring (bicyclic) bond motifs is 1. The number of carbonyl (C=O) groups excluding carboxylic acids is 1. The molecule has 0 bridgehead atoms. The van der Waals surface area contributed by atoms with Crippen LogP contribution >= 0.6 is 0 Å². The number of benzene rings is 2. The van der Waals surface area contributed by atoms with Crippen LogP contribution in [0.2, 0.25) is 0 Å². The fourth-order valence-corrected chi connectivity index (χ4v) is 3.09. The van der Waals surface area contributed by atoms with Crippen LogP contribution in [-0.2, 0) is 5.60 Å². The van der Waals surface area contributed by atoms with Crippen molar-refractivity contribution >= 4 is 5.78 Å². The number of pyridine rings is 1. The largest absolute Gasteiger partial charge is 0.475 e. The van der Waals surface area contributed by atoms with Crippen molar-refractivity contribution in [1.82, 2.24) is 4.98 Å². The van der Waals surface area contributed by atoms with Crippen molar-refractivity contribution in [2.45, 2.75) is 12.0 Å². The highest BCUT2D eigenvalue weighted by Crippen LogP contribution is 2.43. The topological polar surface area (TPSA) is 39.2 Å². The molecule has 112 valence electrons. The monoisotopic (exact) mass is 301 g/mol. The van der Waals surface area contributed by atoms with E-state index in [4.69, 9.17) is 4.74 Å². The van der Waals surface area contributed by atoms with Gasteiger partial charge in [0.25, 0.3) is 0 Å². The number of nitrogens with zero attached hydrogens (tertiary/aromatic N) is 1. The van der Waals surface area contributed by atoms with Crippen molar-refractivity contribution in [2.24, 2.45) is 0 Å². The van der Waals surface area contributed by atoms with Crippen molar-refractivity contribution in [1.29, 1.82) is 0 Å². The highest BCUT2D eigenvalue weighted by Gasteiger charge is 2.44. The SMILES string of the molecule is O=C1C[C@](c2ccccc2)(c2ccccn2)Oc2ccccc21. The molecular formula is C20H15NO2. The summed E-state index contributed by atoms with van der Waals surface area (Å²) in [7, 11) is 0. The van der Waals surface area contributed by atoms with Gasteiger partial charge >= 0.3 is 0 Å². The number of hydrogen-bond acceptors (Lipinski definition) is 3. The van der Waals surface area contributed by atoms with Crippen LogP contribution in [-0.4, -0.2) is 10.8 Å².